The van der Waals surface area contributed by atoms with E-state index in [-0.39, 0.29) is 17.2 Å². The molecular weight excluding hydrogens is 377 g/mol. The summed E-state index contributed by atoms with van der Waals surface area (Å²) in [7, 11) is 0. The van der Waals surface area contributed by atoms with Crippen LogP contribution >= 0.6 is 0 Å². The number of nitrogens with zero attached hydrogens (tertiary/aromatic N) is 4. The van der Waals surface area contributed by atoms with Gasteiger partial charge in [0.25, 0.3) is 0 Å². The van der Waals surface area contributed by atoms with E-state index in [9.17, 15) is 19.1 Å². The lowest BCUT2D eigenvalue weighted by Crippen LogP contribution is -2.39. The van der Waals surface area contributed by atoms with Gasteiger partial charge in [-0.05, 0) is 31.1 Å². The van der Waals surface area contributed by atoms with Crippen molar-refractivity contribution in [2.24, 2.45) is 10.2 Å². The molecule has 2 aromatic rings. The average Bonchev–Trinajstić information content (AvgIpc) is 3.53. The van der Waals surface area contributed by atoms with Gasteiger partial charge < -0.3 is 20.3 Å². The summed E-state index contributed by atoms with van der Waals surface area (Å²) in [5.41, 5.74) is 6.47. The second kappa shape index (κ2) is 6.13. The smallest absolute Gasteiger partial charge is 0.341 e. The zero-order valence-electron chi connectivity index (χ0n) is 15.1. The molecule has 1 unspecified atom stereocenters. The van der Waals surface area contributed by atoms with E-state index in [0.717, 1.165) is 18.9 Å². The Balaban J connectivity index is 1.73. The molecule has 5 rings (SSSR count). The number of hydrogen-bond acceptors (Lipinski definition) is 6. The Bertz CT molecular complexity index is 1210. The van der Waals surface area contributed by atoms with E-state index < -0.39 is 23.4 Å². The molecule has 3 N–H and O–H groups in total. The highest BCUT2D eigenvalue weighted by molar-refractivity contribution is 5.90. The van der Waals surface area contributed by atoms with Crippen molar-refractivity contribution < 1.29 is 14.3 Å². The van der Waals surface area contributed by atoms with Crippen molar-refractivity contribution in [1.82, 2.24) is 4.57 Å². The van der Waals surface area contributed by atoms with E-state index in [2.05, 4.69) is 10.2 Å². The van der Waals surface area contributed by atoms with Crippen molar-refractivity contribution in [2.75, 3.05) is 10.6 Å². The van der Waals surface area contributed by atoms with Gasteiger partial charge in [0.1, 0.15) is 22.9 Å². The van der Waals surface area contributed by atoms with Gasteiger partial charge in [0.15, 0.2) is 6.17 Å². The van der Waals surface area contributed by atoms with Crippen LogP contribution in [0.4, 0.5) is 15.9 Å². The maximum Gasteiger partial charge on any atom is 0.341 e. The molecule has 29 heavy (non-hydrogen) atoms. The molecule has 1 atom stereocenters. The Morgan fingerprint density at radius 2 is 2.10 bits per heavy atom. The molecule has 2 aliphatic heterocycles. The molecule has 1 saturated carbocycles. The average molecular weight is 393 g/mol. The molecule has 1 fully saturated rings. The van der Waals surface area contributed by atoms with E-state index in [4.69, 9.17) is 5.73 Å². The molecule has 0 saturated heterocycles. The number of anilines is 2. The lowest BCUT2D eigenvalue weighted by Gasteiger charge is -2.35. The monoisotopic (exact) mass is 393 g/mol. The Morgan fingerprint density at radius 1 is 1.31 bits per heavy atom. The summed E-state index contributed by atoms with van der Waals surface area (Å²) in [6, 6.07) is 7.10. The number of azo groups is 1. The van der Waals surface area contributed by atoms with Gasteiger partial charge in [-0.25, -0.2) is 9.18 Å². The van der Waals surface area contributed by atoms with Crippen LogP contribution in [0.3, 0.4) is 0 Å². The Labute approximate surface area is 164 Å². The quantitative estimate of drug-likeness (QED) is 0.776. The van der Waals surface area contributed by atoms with Crippen LogP contribution in [-0.4, -0.2) is 21.8 Å². The number of benzene rings is 1. The molecule has 3 heterocycles. The normalized spacial score (nSPS) is 19.9. The van der Waals surface area contributed by atoms with Gasteiger partial charge in [0.05, 0.1) is 5.56 Å². The summed E-state index contributed by atoms with van der Waals surface area (Å²) in [6.07, 6.45) is 4.71. The minimum Gasteiger partial charge on any atom is -0.477 e. The number of carbonyl (C=O) groups is 1. The number of nitrogens with two attached hydrogens (primary N) is 1. The Kier molecular flexibility index (Phi) is 3.67. The molecule has 0 spiro atoms. The van der Waals surface area contributed by atoms with Gasteiger partial charge in [0.2, 0.25) is 5.43 Å². The van der Waals surface area contributed by atoms with E-state index in [1.54, 1.807) is 39.9 Å². The van der Waals surface area contributed by atoms with Gasteiger partial charge in [-0.2, -0.15) is 10.2 Å². The summed E-state index contributed by atoms with van der Waals surface area (Å²) in [4.78, 5) is 25.8. The molecule has 0 amide bonds. The molecule has 1 aliphatic carbocycles. The van der Waals surface area contributed by atoms with E-state index in [1.807, 2.05) is 0 Å². The SMILES string of the molecule is Nc1cccc(C2=CN3c4c(c(=O)c(C(=O)O)cn4C4CC4)C=C(F)C3N=N2)c1. The van der Waals surface area contributed by atoms with Gasteiger partial charge in [-0.15, -0.1) is 0 Å². The molecule has 8 nitrogen and oxygen atoms in total. The third-order valence-electron chi connectivity index (χ3n) is 5.17. The third kappa shape index (κ3) is 2.74. The van der Waals surface area contributed by atoms with Crippen LogP contribution in [0.1, 0.15) is 40.4 Å². The third-order valence-corrected chi connectivity index (χ3v) is 5.17. The molecular formula is C20H16FN5O3. The van der Waals surface area contributed by atoms with Crippen molar-refractivity contribution >= 4 is 29.2 Å². The fourth-order valence-electron chi connectivity index (χ4n) is 3.64. The van der Waals surface area contributed by atoms with Crippen molar-refractivity contribution in [3.05, 3.63) is 69.4 Å². The van der Waals surface area contributed by atoms with Crippen molar-refractivity contribution in [2.45, 2.75) is 25.0 Å². The van der Waals surface area contributed by atoms with Crippen LogP contribution in [0, 0.1) is 0 Å². The molecule has 3 aliphatic rings. The Morgan fingerprint density at radius 3 is 2.79 bits per heavy atom. The lowest BCUT2D eigenvalue weighted by atomic mass is 10.0. The first kappa shape index (κ1) is 17.4. The van der Waals surface area contributed by atoms with Crippen LogP contribution in [-0.2, 0) is 0 Å². The minimum atomic E-state index is -1.34. The second-order valence-corrected chi connectivity index (χ2v) is 7.22. The van der Waals surface area contributed by atoms with Gasteiger partial charge >= 0.3 is 5.97 Å². The standard InChI is InChI=1S/C20H16FN5O3/c21-15-7-13-17(27)14(20(28)29)8-25(12-4-5-12)19(13)26-9-16(23-24-18(15)26)10-2-1-3-11(22)6-10/h1-3,6-9,12,18H,4-5,22H2,(H,28,29). The number of hydrogen-bond donors (Lipinski definition) is 2. The van der Waals surface area contributed by atoms with E-state index in [0.29, 0.717) is 22.8 Å². The van der Waals surface area contributed by atoms with Crippen molar-refractivity contribution in [3.8, 4) is 0 Å². The molecule has 0 radical (unpaired) electrons. The number of aromatic carboxylic acids is 1. The van der Waals surface area contributed by atoms with Gasteiger partial charge in [0, 0.05) is 29.7 Å². The second-order valence-electron chi connectivity index (χ2n) is 7.22. The van der Waals surface area contributed by atoms with Crippen molar-refractivity contribution in [3.63, 3.8) is 0 Å². The highest BCUT2D eigenvalue weighted by Gasteiger charge is 2.38. The predicted octanol–water partition coefficient (Wildman–Crippen LogP) is 3.38. The number of fused-ring (bicyclic) bond motifs is 3. The lowest BCUT2D eigenvalue weighted by molar-refractivity contribution is 0.0694. The first-order valence-corrected chi connectivity index (χ1v) is 9.10. The maximum absolute atomic E-state index is 14.8. The summed E-state index contributed by atoms with van der Waals surface area (Å²) in [6.45, 7) is 0. The summed E-state index contributed by atoms with van der Waals surface area (Å²) < 4.78 is 16.5. The molecule has 1 aromatic heterocycles. The molecule has 146 valence electrons. The van der Waals surface area contributed by atoms with Crippen LogP contribution in [0.25, 0.3) is 11.8 Å². The minimum absolute atomic E-state index is 0.00539. The maximum atomic E-state index is 14.8. The summed E-state index contributed by atoms with van der Waals surface area (Å²) >= 11 is 0. The van der Waals surface area contributed by atoms with E-state index in [1.165, 1.54) is 6.20 Å². The number of pyridine rings is 1. The van der Waals surface area contributed by atoms with Crippen molar-refractivity contribution in [1.29, 1.82) is 0 Å². The molecule has 9 heteroatoms. The summed E-state index contributed by atoms with van der Waals surface area (Å²) in [5, 5.41) is 17.6. The van der Waals surface area contributed by atoms with E-state index >= 15 is 0 Å². The van der Waals surface area contributed by atoms with Gasteiger partial charge in [-0.3, -0.25) is 4.79 Å². The highest BCUT2D eigenvalue weighted by Crippen LogP contribution is 2.43. The summed E-state index contributed by atoms with van der Waals surface area (Å²) in [5.74, 6) is -1.59. The zero-order valence-corrected chi connectivity index (χ0v) is 15.1. The topological polar surface area (TPSA) is 113 Å². The number of rotatable bonds is 3. The number of nitrogen functional groups attached to an aromatic ring is 1. The predicted molar refractivity (Wildman–Crippen MR) is 105 cm³/mol. The van der Waals surface area contributed by atoms with Crippen LogP contribution < -0.4 is 16.1 Å². The number of halogens is 1. The highest BCUT2D eigenvalue weighted by atomic mass is 19.1. The van der Waals surface area contributed by atoms with Gasteiger partial charge in [-0.1, -0.05) is 12.1 Å². The number of carboxylic acid groups (broad SMARTS) is 1. The first-order valence-electron chi connectivity index (χ1n) is 9.10. The molecule has 0 bridgehead atoms. The largest absolute Gasteiger partial charge is 0.477 e. The number of carboxylic acids is 1. The zero-order chi connectivity index (χ0) is 20.3. The fraction of sp³-hybridized carbons (Fsp3) is 0.200. The fourth-order valence-corrected chi connectivity index (χ4v) is 3.64. The molecule has 1 aromatic carbocycles. The first-order chi connectivity index (χ1) is 13.9. The van der Waals surface area contributed by atoms with Crippen LogP contribution in [0.15, 0.2) is 57.5 Å². The number of aromatic nitrogens is 1. The van der Waals surface area contributed by atoms with Crippen LogP contribution in [0.5, 0.6) is 0 Å². The Hall–Kier alpha value is -3.75. The van der Waals surface area contributed by atoms with Crippen LogP contribution in [0.2, 0.25) is 0 Å².